The van der Waals surface area contributed by atoms with E-state index in [1.807, 2.05) is 0 Å². The van der Waals surface area contributed by atoms with Gasteiger partial charge in [0, 0.05) is 19.7 Å². The highest BCUT2D eigenvalue weighted by Gasteiger charge is 2.16. The van der Waals surface area contributed by atoms with Crippen LogP contribution in [0.3, 0.4) is 0 Å². The minimum Gasteiger partial charge on any atom is -0.508 e. The Bertz CT molecular complexity index is 626. The van der Waals surface area contributed by atoms with E-state index < -0.39 is 11.7 Å². The van der Waals surface area contributed by atoms with Gasteiger partial charge in [-0.2, -0.15) is 0 Å². The van der Waals surface area contributed by atoms with Crippen LogP contribution in [0.15, 0.2) is 42.5 Å². The number of benzene rings is 2. The van der Waals surface area contributed by atoms with E-state index in [4.69, 9.17) is 5.11 Å². The topological polar surface area (TPSA) is 40.5 Å². The number of halogens is 2. The van der Waals surface area contributed by atoms with Crippen LogP contribution in [0.1, 0.15) is 15.9 Å². The van der Waals surface area contributed by atoms with Crippen molar-refractivity contribution in [1.29, 1.82) is 0 Å². The fraction of sp³-hybridized carbons (Fsp3) is 0.133. The number of carbonyl (C=O) groups excluding carboxylic acids is 1. The summed E-state index contributed by atoms with van der Waals surface area (Å²) in [5.74, 6) is -1.87. The van der Waals surface area contributed by atoms with Gasteiger partial charge in [0.05, 0.1) is 5.56 Å². The summed E-state index contributed by atoms with van der Waals surface area (Å²) < 4.78 is 26.4. The van der Waals surface area contributed by atoms with Gasteiger partial charge >= 0.3 is 0 Å². The van der Waals surface area contributed by atoms with Crippen LogP contribution in [0.2, 0.25) is 0 Å². The molecule has 5 heteroatoms. The molecule has 1 amide bonds. The van der Waals surface area contributed by atoms with Crippen LogP contribution in [0.5, 0.6) is 5.75 Å². The number of phenols is 1. The number of phenolic OH excluding ortho intramolecular Hbond substituents is 1. The Morgan fingerprint density at radius 2 is 1.80 bits per heavy atom. The van der Waals surface area contributed by atoms with E-state index in [1.165, 1.54) is 36.2 Å². The second-order valence-corrected chi connectivity index (χ2v) is 4.45. The molecule has 0 heterocycles. The molecule has 0 saturated carbocycles. The number of hydrogen-bond acceptors (Lipinski definition) is 2. The molecule has 0 aliphatic rings. The van der Waals surface area contributed by atoms with Gasteiger partial charge in [-0.3, -0.25) is 4.79 Å². The number of hydrogen-bond donors (Lipinski definition) is 1. The van der Waals surface area contributed by atoms with Crippen molar-refractivity contribution in [3.8, 4) is 5.75 Å². The Kier molecular flexibility index (Phi) is 3.98. The zero-order valence-corrected chi connectivity index (χ0v) is 10.8. The molecule has 0 saturated heterocycles. The SMILES string of the molecule is CN(Cc1ccc(F)cc1)C(=O)c1ccc(O)cc1F. The van der Waals surface area contributed by atoms with Gasteiger partial charge < -0.3 is 10.0 Å². The third-order valence-electron chi connectivity index (χ3n) is 2.86. The molecular weight excluding hydrogens is 264 g/mol. The number of amides is 1. The molecule has 20 heavy (non-hydrogen) atoms. The average molecular weight is 277 g/mol. The fourth-order valence-electron chi connectivity index (χ4n) is 1.82. The minimum atomic E-state index is -0.777. The summed E-state index contributed by atoms with van der Waals surface area (Å²) in [6.45, 7) is 0.236. The van der Waals surface area contributed by atoms with Crippen molar-refractivity contribution >= 4 is 5.91 Å². The van der Waals surface area contributed by atoms with Crippen molar-refractivity contribution in [2.75, 3.05) is 7.05 Å². The average Bonchev–Trinajstić information content (AvgIpc) is 2.40. The molecule has 2 rings (SSSR count). The largest absolute Gasteiger partial charge is 0.508 e. The molecular formula is C15H13F2NO2. The predicted molar refractivity (Wildman–Crippen MR) is 70.3 cm³/mol. The molecule has 3 nitrogen and oxygen atoms in total. The van der Waals surface area contributed by atoms with E-state index in [1.54, 1.807) is 12.1 Å². The van der Waals surface area contributed by atoms with E-state index >= 15 is 0 Å². The van der Waals surface area contributed by atoms with Crippen molar-refractivity contribution < 1.29 is 18.7 Å². The van der Waals surface area contributed by atoms with Gasteiger partial charge in [-0.25, -0.2) is 8.78 Å². The van der Waals surface area contributed by atoms with Gasteiger partial charge in [0.1, 0.15) is 17.4 Å². The highest BCUT2D eigenvalue weighted by molar-refractivity contribution is 5.94. The Morgan fingerprint density at radius 1 is 1.15 bits per heavy atom. The van der Waals surface area contributed by atoms with Crippen LogP contribution >= 0.6 is 0 Å². The van der Waals surface area contributed by atoms with E-state index in [2.05, 4.69) is 0 Å². The molecule has 0 spiro atoms. The van der Waals surface area contributed by atoms with E-state index in [-0.39, 0.29) is 23.7 Å². The van der Waals surface area contributed by atoms with Crippen molar-refractivity contribution in [2.45, 2.75) is 6.54 Å². The number of nitrogens with zero attached hydrogens (tertiary/aromatic N) is 1. The van der Waals surface area contributed by atoms with Crippen LogP contribution in [0, 0.1) is 11.6 Å². The van der Waals surface area contributed by atoms with Gasteiger partial charge in [0.25, 0.3) is 5.91 Å². The first-order chi connectivity index (χ1) is 9.47. The van der Waals surface area contributed by atoms with E-state index in [0.29, 0.717) is 0 Å². The molecule has 0 aromatic heterocycles. The Balaban J connectivity index is 2.14. The van der Waals surface area contributed by atoms with Crippen molar-refractivity contribution in [3.05, 3.63) is 65.2 Å². The lowest BCUT2D eigenvalue weighted by Gasteiger charge is -2.17. The smallest absolute Gasteiger partial charge is 0.256 e. The third-order valence-corrected chi connectivity index (χ3v) is 2.86. The molecule has 0 aliphatic carbocycles. The number of rotatable bonds is 3. The quantitative estimate of drug-likeness (QED) is 0.937. The van der Waals surface area contributed by atoms with E-state index in [9.17, 15) is 13.6 Å². The molecule has 0 atom stereocenters. The first kappa shape index (κ1) is 14.0. The molecule has 0 fully saturated rings. The summed E-state index contributed by atoms with van der Waals surface area (Å²) in [7, 11) is 1.53. The molecule has 2 aromatic carbocycles. The predicted octanol–water partition coefficient (Wildman–Crippen LogP) is 2.94. The van der Waals surface area contributed by atoms with Gasteiger partial charge in [0.2, 0.25) is 0 Å². The summed E-state index contributed by atoms with van der Waals surface area (Å²) in [5.41, 5.74) is 0.619. The third kappa shape index (κ3) is 3.12. The normalized spacial score (nSPS) is 10.3. The second-order valence-electron chi connectivity index (χ2n) is 4.45. The van der Waals surface area contributed by atoms with Crippen LogP contribution < -0.4 is 0 Å². The molecule has 1 N–H and O–H groups in total. The first-order valence-corrected chi connectivity index (χ1v) is 5.96. The van der Waals surface area contributed by atoms with Crippen LogP contribution in [0.25, 0.3) is 0 Å². The summed E-state index contributed by atoms with van der Waals surface area (Å²) in [5, 5.41) is 9.12. The highest BCUT2D eigenvalue weighted by atomic mass is 19.1. The summed E-state index contributed by atoms with van der Waals surface area (Å²) in [6.07, 6.45) is 0. The molecule has 2 aromatic rings. The highest BCUT2D eigenvalue weighted by Crippen LogP contribution is 2.17. The van der Waals surface area contributed by atoms with Gasteiger partial charge in [-0.1, -0.05) is 12.1 Å². The van der Waals surface area contributed by atoms with Crippen molar-refractivity contribution in [2.24, 2.45) is 0 Å². The maximum absolute atomic E-state index is 13.6. The summed E-state index contributed by atoms with van der Waals surface area (Å²) in [4.78, 5) is 13.4. The zero-order valence-electron chi connectivity index (χ0n) is 10.8. The summed E-state index contributed by atoms with van der Waals surface area (Å²) in [6, 6.07) is 9.09. The maximum Gasteiger partial charge on any atom is 0.256 e. The Hall–Kier alpha value is -2.43. The fourth-order valence-corrected chi connectivity index (χ4v) is 1.82. The Labute approximate surface area is 115 Å². The first-order valence-electron chi connectivity index (χ1n) is 5.96. The maximum atomic E-state index is 13.6. The van der Waals surface area contributed by atoms with Crippen LogP contribution in [-0.4, -0.2) is 23.0 Å². The lowest BCUT2D eigenvalue weighted by atomic mass is 10.1. The monoisotopic (exact) mass is 277 g/mol. The van der Waals surface area contributed by atoms with Crippen molar-refractivity contribution in [1.82, 2.24) is 4.90 Å². The molecule has 0 radical (unpaired) electrons. The number of carbonyl (C=O) groups is 1. The molecule has 0 aliphatic heterocycles. The molecule has 0 bridgehead atoms. The lowest BCUT2D eigenvalue weighted by molar-refractivity contribution is 0.0780. The zero-order chi connectivity index (χ0) is 14.7. The van der Waals surface area contributed by atoms with Gasteiger partial charge in [-0.05, 0) is 29.8 Å². The molecule has 104 valence electrons. The number of aromatic hydroxyl groups is 1. The van der Waals surface area contributed by atoms with Crippen LogP contribution in [-0.2, 0) is 6.54 Å². The van der Waals surface area contributed by atoms with E-state index in [0.717, 1.165) is 11.6 Å². The van der Waals surface area contributed by atoms with Crippen molar-refractivity contribution in [3.63, 3.8) is 0 Å². The van der Waals surface area contributed by atoms with Crippen LogP contribution in [0.4, 0.5) is 8.78 Å². The molecule has 0 unspecified atom stereocenters. The van der Waals surface area contributed by atoms with Gasteiger partial charge in [0.15, 0.2) is 0 Å². The second kappa shape index (κ2) is 5.69. The van der Waals surface area contributed by atoms with Gasteiger partial charge in [-0.15, -0.1) is 0 Å². The lowest BCUT2D eigenvalue weighted by Crippen LogP contribution is -2.27. The Morgan fingerprint density at radius 3 is 2.40 bits per heavy atom. The standard InChI is InChI=1S/C15H13F2NO2/c1-18(9-10-2-4-11(16)5-3-10)15(20)13-7-6-12(19)8-14(13)17/h2-8,19H,9H2,1H3. The summed E-state index contributed by atoms with van der Waals surface area (Å²) >= 11 is 0. The minimum absolute atomic E-state index is 0.118.